The van der Waals surface area contributed by atoms with Gasteiger partial charge in [-0.2, -0.15) is 0 Å². The van der Waals surface area contributed by atoms with Crippen molar-refractivity contribution in [3.63, 3.8) is 0 Å². The number of rotatable bonds is 4. The molecule has 0 radical (unpaired) electrons. The number of nitro groups is 1. The number of hydrogen-bond acceptors (Lipinski definition) is 6. The molecule has 0 aliphatic rings. The molecule has 0 saturated heterocycles. The van der Waals surface area contributed by atoms with Crippen molar-refractivity contribution >= 4 is 11.7 Å². The molecule has 0 unspecified atom stereocenters. The molecule has 0 amide bonds. The average molecular weight is 274 g/mol. The largest absolute Gasteiger partial charge is 0.464 e. The van der Waals surface area contributed by atoms with Gasteiger partial charge in [0.25, 0.3) is 5.69 Å². The van der Waals surface area contributed by atoms with Gasteiger partial charge >= 0.3 is 5.97 Å². The third kappa shape index (κ3) is 3.08. The fraction of sp³-hybridized carbons (Fsp3) is 0.0769. The zero-order valence-corrected chi connectivity index (χ0v) is 10.5. The van der Waals surface area contributed by atoms with E-state index in [-0.39, 0.29) is 11.4 Å². The summed E-state index contributed by atoms with van der Waals surface area (Å²) in [4.78, 5) is 25.2. The number of benzene rings is 1. The first-order valence-electron chi connectivity index (χ1n) is 5.57. The maximum atomic E-state index is 11.2. The first-order valence-corrected chi connectivity index (χ1v) is 5.57. The Bertz CT molecular complexity index is 639. The Morgan fingerprint density at radius 3 is 2.65 bits per heavy atom. The first kappa shape index (κ1) is 13.5. The maximum absolute atomic E-state index is 11.2. The fourth-order valence-electron chi connectivity index (χ4n) is 1.46. The summed E-state index contributed by atoms with van der Waals surface area (Å²) in [7, 11) is 1.26. The van der Waals surface area contributed by atoms with E-state index < -0.39 is 10.9 Å². The van der Waals surface area contributed by atoms with Crippen molar-refractivity contribution < 1.29 is 19.2 Å². The molecular weight excluding hydrogens is 264 g/mol. The Labute approximate surface area is 113 Å². The highest BCUT2D eigenvalue weighted by atomic mass is 16.6. The first-order chi connectivity index (χ1) is 9.60. The smallest absolute Gasteiger partial charge is 0.356 e. The number of ether oxygens (including phenoxy) is 2. The summed E-state index contributed by atoms with van der Waals surface area (Å²) in [5.74, 6) is 0.122. The number of methoxy groups -OCH3 is 1. The minimum Gasteiger partial charge on any atom is -0.464 e. The second-order valence-electron chi connectivity index (χ2n) is 3.73. The lowest BCUT2D eigenvalue weighted by Crippen LogP contribution is -2.03. The Kier molecular flexibility index (Phi) is 3.90. The highest BCUT2D eigenvalue weighted by Gasteiger charge is 2.09. The zero-order valence-electron chi connectivity index (χ0n) is 10.5. The van der Waals surface area contributed by atoms with Crippen LogP contribution in [0.4, 0.5) is 5.69 Å². The molecule has 0 fully saturated rings. The molecule has 0 aliphatic carbocycles. The van der Waals surface area contributed by atoms with Gasteiger partial charge in [-0.15, -0.1) is 0 Å². The van der Waals surface area contributed by atoms with Gasteiger partial charge in [-0.05, 0) is 18.2 Å². The van der Waals surface area contributed by atoms with Crippen LogP contribution in [0.25, 0.3) is 0 Å². The van der Waals surface area contributed by atoms with Gasteiger partial charge in [0.2, 0.25) is 0 Å². The Balaban J connectivity index is 2.16. The van der Waals surface area contributed by atoms with E-state index in [1.807, 2.05) is 0 Å². The van der Waals surface area contributed by atoms with Crippen molar-refractivity contribution in [1.82, 2.24) is 4.98 Å². The van der Waals surface area contributed by atoms with Crippen molar-refractivity contribution in [2.45, 2.75) is 0 Å². The van der Waals surface area contributed by atoms with Crippen LogP contribution in [0.2, 0.25) is 0 Å². The summed E-state index contributed by atoms with van der Waals surface area (Å²) in [6.45, 7) is 0. The van der Waals surface area contributed by atoms with E-state index in [1.54, 1.807) is 6.07 Å². The summed E-state index contributed by atoms with van der Waals surface area (Å²) in [6, 6.07) is 8.74. The van der Waals surface area contributed by atoms with E-state index in [2.05, 4.69) is 9.72 Å². The van der Waals surface area contributed by atoms with Crippen LogP contribution in [0.5, 0.6) is 11.5 Å². The van der Waals surface area contributed by atoms with E-state index in [4.69, 9.17) is 4.74 Å². The molecule has 102 valence electrons. The number of hydrogen-bond donors (Lipinski definition) is 0. The van der Waals surface area contributed by atoms with E-state index in [9.17, 15) is 14.9 Å². The van der Waals surface area contributed by atoms with Crippen molar-refractivity contribution in [1.29, 1.82) is 0 Å². The summed E-state index contributed by atoms with van der Waals surface area (Å²) in [5, 5.41) is 10.6. The molecule has 1 aromatic carbocycles. The van der Waals surface area contributed by atoms with Gasteiger partial charge in [-0.1, -0.05) is 6.07 Å². The van der Waals surface area contributed by atoms with Crippen LogP contribution in [-0.4, -0.2) is 23.0 Å². The van der Waals surface area contributed by atoms with Gasteiger partial charge in [0.15, 0.2) is 0 Å². The topological polar surface area (TPSA) is 91.6 Å². The molecule has 1 heterocycles. The van der Waals surface area contributed by atoms with Crippen LogP contribution in [0.1, 0.15) is 10.5 Å². The van der Waals surface area contributed by atoms with Crippen molar-refractivity contribution in [3.05, 3.63) is 58.4 Å². The molecule has 0 spiro atoms. The lowest BCUT2D eigenvalue weighted by molar-refractivity contribution is -0.384. The summed E-state index contributed by atoms with van der Waals surface area (Å²) in [5.41, 5.74) is 0.0838. The zero-order chi connectivity index (χ0) is 14.5. The molecule has 0 aliphatic heterocycles. The molecule has 0 saturated carbocycles. The standard InChI is InChI=1S/C13H10N2O5/c1-19-13(16)12-6-5-11(8-14-12)20-10-4-2-3-9(7-10)15(17)18/h2-8H,1H3. The average Bonchev–Trinajstić information content (AvgIpc) is 2.47. The SMILES string of the molecule is COC(=O)c1ccc(Oc2cccc([N+](=O)[O-])c2)cn1. The number of aromatic nitrogens is 1. The van der Waals surface area contributed by atoms with Crippen molar-refractivity contribution in [2.75, 3.05) is 7.11 Å². The molecule has 20 heavy (non-hydrogen) atoms. The van der Waals surface area contributed by atoms with Crippen LogP contribution >= 0.6 is 0 Å². The van der Waals surface area contributed by atoms with E-state index >= 15 is 0 Å². The quantitative estimate of drug-likeness (QED) is 0.483. The van der Waals surface area contributed by atoms with Crippen LogP contribution < -0.4 is 4.74 Å². The highest BCUT2D eigenvalue weighted by Crippen LogP contribution is 2.24. The second kappa shape index (κ2) is 5.79. The van der Waals surface area contributed by atoms with E-state index in [0.29, 0.717) is 11.5 Å². The molecule has 2 aromatic rings. The van der Waals surface area contributed by atoms with Gasteiger partial charge in [-0.3, -0.25) is 10.1 Å². The normalized spacial score (nSPS) is 9.85. The van der Waals surface area contributed by atoms with Gasteiger partial charge < -0.3 is 9.47 Å². The maximum Gasteiger partial charge on any atom is 0.356 e. The molecular formula is C13H10N2O5. The molecule has 1 aromatic heterocycles. The summed E-state index contributed by atoms with van der Waals surface area (Å²) >= 11 is 0. The monoisotopic (exact) mass is 274 g/mol. The summed E-state index contributed by atoms with van der Waals surface area (Å²) in [6.07, 6.45) is 1.34. The van der Waals surface area contributed by atoms with Gasteiger partial charge in [0.1, 0.15) is 17.2 Å². The van der Waals surface area contributed by atoms with Gasteiger partial charge in [0.05, 0.1) is 24.3 Å². The minimum absolute atomic E-state index is 0.0679. The molecule has 2 rings (SSSR count). The summed E-state index contributed by atoms with van der Waals surface area (Å²) < 4.78 is 9.94. The molecule has 7 heteroatoms. The van der Waals surface area contributed by atoms with Crippen molar-refractivity contribution in [3.8, 4) is 11.5 Å². The lowest BCUT2D eigenvalue weighted by Gasteiger charge is -2.05. The van der Waals surface area contributed by atoms with Crippen LogP contribution in [0.3, 0.4) is 0 Å². The number of pyridine rings is 1. The second-order valence-corrected chi connectivity index (χ2v) is 3.73. The van der Waals surface area contributed by atoms with E-state index in [0.717, 1.165) is 0 Å². The molecule has 0 bridgehead atoms. The molecule has 7 nitrogen and oxygen atoms in total. The van der Waals surface area contributed by atoms with Gasteiger partial charge in [0, 0.05) is 6.07 Å². The number of carbonyl (C=O) groups excluding carboxylic acids is 1. The van der Waals surface area contributed by atoms with Crippen LogP contribution in [0.15, 0.2) is 42.6 Å². The Morgan fingerprint density at radius 1 is 1.25 bits per heavy atom. The molecule has 0 N–H and O–H groups in total. The number of non-ortho nitro benzene ring substituents is 1. The Morgan fingerprint density at radius 2 is 2.05 bits per heavy atom. The number of nitro benzene ring substituents is 1. The fourth-order valence-corrected chi connectivity index (χ4v) is 1.46. The van der Waals surface area contributed by atoms with Gasteiger partial charge in [-0.25, -0.2) is 9.78 Å². The third-order valence-electron chi connectivity index (χ3n) is 2.40. The minimum atomic E-state index is -0.549. The lowest BCUT2D eigenvalue weighted by atomic mass is 10.3. The number of nitrogens with zero attached hydrogens (tertiary/aromatic N) is 2. The molecule has 0 atom stereocenters. The van der Waals surface area contributed by atoms with Crippen molar-refractivity contribution in [2.24, 2.45) is 0 Å². The van der Waals surface area contributed by atoms with Crippen LogP contribution in [0, 0.1) is 10.1 Å². The van der Waals surface area contributed by atoms with Crippen LogP contribution in [-0.2, 0) is 4.74 Å². The number of esters is 1. The number of carbonyl (C=O) groups is 1. The third-order valence-corrected chi connectivity index (χ3v) is 2.40. The highest BCUT2D eigenvalue weighted by molar-refractivity contribution is 5.87. The van der Waals surface area contributed by atoms with E-state index in [1.165, 1.54) is 43.6 Å². The predicted molar refractivity (Wildman–Crippen MR) is 68.7 cm³/mol. The Hall–Kier alpha value is -2.96. The predicted octanol–water partition coefficient (Wildman–Crippen LogP) is 2.57.